The van der Waals surface area contributed by atoms with Gasteiger partial charge in [-0.2, -0.15) is 0 Å². The van der Waals surface area contributed by atoms with Gasteiger partial charge in [0.25, 0.3) is 0 Å². The smallest absolute Gasteiger partial charge is 0.234 e. The Hall–Kier alpha value is -0.650. The molecule has 0 unspecified atom stereocenters. The van der Waals surface area contributed by atoms with Gasteiger partial charge in [0.1, 0.15) is 0 Å². The number of carbonyl (C=O) groups excluding carboxylic acids is 1. The van der Waals surface area contributed by atoms with E-state index in [1.807, 2.05) is 0 Å². The molecule has 116 valence electrons. The van der Waals surface area contributed by atoms with Crippen LogP contribution in [0.2, 0.25) is 0 Å². The second kappa shape index (κ2) is 7.38. The Labute approximate surface area is 121 Å². The number of hydrogen-bond acceptors (Lipinski definition) is 4. The van der Waals surface area contributed by atoms with E-state index in [4.69, 9.17) is 4.74 Å². The van der Waals surface area contributed by atoms with Crippen LogP contribution in [0.3, 0.4) is 0 Å². The van der Waals surface area contributed by atoms with Crippen LogP contribution in [-0.2, 0) is 9.53 Å². The van der Waals surface area contributed by atoms with Gasteiger partial charge in [0, 0.05) is 24.8 Å². The molecular weight excluding hydrogens is 256 g/mol. The molecule has 1 heterocycles. The minimum Gasteiger partial charge on any atom is -0.394 e. The molecule has 2 aliphatic rings. The van der Waals surface area contributed by atoms with Crippen molar-refractivity contribution in [2.24, 2.45) is 5.92 Å². The van der Waals surface area contributed by atoms with Crippen molar-refractivity contribution in [3.8, 4) is 0 Å². The van der Waals surface area contributed by atoms with E-state index in [1.165, 1.54) is 12.8 Å². The van der Waals surface area contributed by atoms with Crippen molar-refractivity contribution in [1.29, 1.82) is 0 Å². The molecule has 5 heteroatoms. The van der Waals surface area contributed by atoms with Crippen molar-refractivity contribution in [3.63, 3.8) is 0 Å². The lowest BCUT2D eigenvalue weighted by molar-refractivity contribution is -0.122. The number of hydrogen-bond donors (Lipinski definition) is 3. The zero-order valence-corrected chi connectivity index (χ0v) is 12.5. The first-order valence-corrected chi connectivity index (χ1v) is 7.86. The van der Waals surface area contributed by atoms with Gasteiger partial charge >= 0.3 is 0 Å². The van der Waals surface area contributed by atoms with Gasteiger partial charge in [0.15, 0.2) is 0 Å². The Kier molecular flexibility index (Phi) is 5.81. The van der Waals surface area contributed by atoms with Gasteiger partial charge in [-0.15, -0.1) is 0 Å². The standard InChI is InChI=1S/C15H28N2O3/c1-12-2-4-13(5-3-12)17-14(19)10-16-15(11-18)6-8-20-9-7-15/h12-13,16,18H,2-11H2,1H3,(H,17,19). The fourth-order valence-corrected chi connectivity index (χ4v) is 3.10. The Morgan fingerprint density at radius 2 is 1.90 bits per heavy atom. The maximum absolute atomic E-state index is 12.0. The molecule has 5 nitrogen and oxygen atoms in total. The van der Waals surface area contributed by atoms with Crippen LogP contribution < -0.4 is 10.6 Å². The highest BCUT2D eigenvalue weighted by Gasteiger charge is 2.32. The van der Waals surface area contributed by atoms with E-state index in [2.05, 4.69) is 17.6 Å². The van der Waals surface area contributed by atoms with Crippen LogP contribution >= 0.6 is 0 Å². The van der Waals surface area contributed by atoms with E-state index in [0.29, 0.717) is 19.3 Å². The summed E-state index contributed by atoms with van der Waals surface area (Å²) in [6, 6.07) is 0.334. The second-order valence-electron chi connectivity index (χ2n) is 6.43. The Bertz CT molecular complexity index is 308. The van der Waals surface area contributed by atoms with E-state index in [-0.39, 0.29) is 24.6 Å². The minimum absolute atomic E-state index is 0.0452. The molecule has 0 bridgehead atoms. The highest BCUT2D eigenvalue weighted by molar-refractivity contribution is 5.78. The van der Waals surface area contributed by atoms with Crippen molar-refractivity contribution in [2.75, 3.05) is 26.4 Å². The van der Waals surface area contributed by atoms with Crippen molar-refractivity contribution in [3.05, 3.63) is 0 Å². The Balaban J connectivity index is 1.71. The fraction of sp³-hybridized carbons (Fsp3) is 0.933. The van der Waals surface area contributed by atoms with Gasteiger partial charge in [-0.05, 0) is 44.4 Å². The summed E-state index contributed by atoms with van der Waals surface area (Å²) in [5.74, 6) is 0.838. The molecular formula is C15H28N2O3. The van der Waals surface area contributed by atoms with Crippen LogP contribution in [0.4, 0.5) is 0 Å². The topological polar surface area (TPSA) is 70.6 Å². The van der Waals surface area contributed by atoms with Crippen LogP contribution in [0.5, 0.6) is 0 Å². The summed E-state index contributed by atoms with van der Waals surface area (Å²) < 4.78 is 5.31. The Morgan fingerprint density at radius 1 is 1.25 bits per heavy atom. The van der Waals surface area contributed by atoms with Crippen LogP contribution in [0, 0.1) is 5.92 Å². The number of amides is 1. The lowest BCUT2D eigenvalue weighted by Gasteiger charge is -2.36. The van der Waals surface area contributed by atoms with Crippen molar-refractivity contribution < 1.29 is 14.6 Å². The highest BCUT2D eigenvalue weighted by atomic mass is 16.5. The molecule has 1 aliphatic carbocycles. The molecule has 0 radical (unpaired) electrons. The number of carbonyl (C=O) groups is 1. The number of rotatable bonds is 5. The van der Waals surface area contributed by atoms with Crippen molar-refractivity contribution in [2.45, 2.75) is 57.0 Å². The first kappa shape index (κ1) is 15.7. The van der Waals surface area contributed by atoms with Gasteiger partial charge < -0.3 is 20.5 Å². The lowest BCUT2D eigenvalue weighted by Crippen LogP contribution is -2.55. The van der Waals surface area contributed by atoms with Gasteiger partial charge in [0.2, 0.25) is 5.91 Å². The summed E-state index contributed by atoms with van der Waals surface area (Å²) in [6.45, 7) is 3.92. The second-order valence-corrected chi connectivity index (χ2v) is 6.43. The molecule has 3 N–H and O–H groups in total. The van der Waals surface area contributed by atoms with Crippen LogP contribution in [0.25, 0.3) is 0 Å². The lowest BCUT2D eigenvalue weighted by atomic mass is 9.87. The molecule has 0 spiro atoms. The monoisotopic (exact) mass is 284 g/mol. The number of nitrogens with one attached hydrogen (secondary N) is 2. The van der Waals surface area contributed by atoms with Gasteiger partial charge in [0.05, 0.1) is 13.2 Å². The van der Waals surface area contributed by atoms with E-state index >= 15 is 0 Å². The SMILES string of the molecule is CC1CCC(NC(=O)CNC2(CO)CCOCC2)CC1. The molecule has 1 saturated heterocycles. The average Bonchev–Trinajstić information content (AvgIpc) is 2.49. The molecule has 0 aromatic heterocycles. The summed E-state index contributed by atoms with van der Waals surface area (Å²) in [4.78, 5) is 12.0. The molecule has 2 rings (SSSR count). The third-order valence-electron chi connectivity index (χ3n) is 4.76. The third-order valence-corrected chi connectivity index (χ3v) is 4.76. The van der Waals surface area contributed by atoms with E-state index in [0.717, 1.165) is 31.6 Å². The number of aliphatic hydroxyl groups excluding tert-OH is 1. The molecule has 1 saturated carbocycles. The number of ether oxygens (including phenoxy) is 1. The molecule has 1 amide bonds. The highest BCUT2D eigenvalue weighted by Crippen LogP contribution is 2.23. The fourth-order valence-electron chi connectivity index (χ4n) is 3.10. The molecule has 0 atom stereocenters. The number of aliphatic hydroxyl groups is 1. The van der Waals surface area contributed by atoms with E-state index < -0.39 is 0 Å². The van der Waals surface area contributed by atoms with Crippen LogP contribution in [0.1, 0.15) is 45.4 Å². The summed E-state index contributed by atoms with van der Waals surface area (Å²) in [6.07, 6.45) is 6.11. The predicted molar refractivity (Wildman–Crippen MR) is 77.4 cm³/mol. The van der Waals surface area contributed by atoms with Gasteiger partial charge in [-0.25, -0.2) is 0 Å². The average molecular weight is 284 g/mol. The zero-order valence-electron chi connectivity index (χ0n) is 12.5. The van der Waals surface area contributed by atoms with Crippen LogP contribution in [0.15, 0.2) is 0 Å². The third kappa shape index (κ3) is 4.43. The molecule has 0 aromatic carbocycles. The van der Waals surface area contributed by atoms with E-state index in [9.17, 15) is 9.90 Å². The largest absolute Gasteiger partial charge is 0.394 e. The van der Waals surface area contributed by atoms with E-state index in [1.54, 1.807) is 0 Å². The first-order chi connectivity index (χ1) is 9.63. The van der Waals surface area contributed by atoms with Crippen LogP contribution in [-0.4, -0.2) is 49.0 Å². The normalized spacial score (nSPS) is 29.9. The Morgan fingerprint density at radius 3 is 2.50 bits per heavy atom. The van der Waals surface area contributed by atoms with Gasteiger partial charge in [-0.3, -0.25) is 4.79 Å². The first-order valence-electron chi connectivity index (χ1n) is 7.86. The summed E-state index contributed by atoms with van der Waals surface area (Å²) >= 11 is 0. The quantitative estimate of drug-likeness (QED) is 0.699. The predicted octanol–water partition coefficient (Wildman–Crippen LogP) is 0.812. The summed E-state index contributed by atoms with van der Waals surface area (Å²) in [5.41, 5.74) is -0.337. The molecule has 20 heavy (non-hydrogen) atoms. The summed E-state index contributed by atoms with van der Waals surface area (Å²) in [7, 11) is 0. The summed E-state index contributed by atoms with van der Waals surface area (Å²) in [5, 5.41) is 15.9. The minimum atomic E-state index is -0.337. The maximum atomic E-state index is 12.0. The van der Waals surface area contributed by atoms with Gasteiger partial charge in [-0.1, -0.05) is 6.92 Å². The maximum Gasteiger partial charge on any atom is 0.234 e. The van der Waals surface area contributed by atoms with Crippen molar-refractivity contribution in [1.82, 2.24) is 10.6 Å². The molecule has 1 aliphatic heterocycles. The molecule has 2 fully saturated rings. The molecule has 0 aromatic rings. The van der Waals surface area contributed by atoms with Crippen molar-refractivity contribution >= 4 is 5.91 Å². The zero-order chi connectivity index (χ0) is 14.4.